The molecule has 1 aliphatic heterocycles. The molecule has 1 fully saturated rings. The molecule has 1 aliphatic rings. The predicted octanol–water partition coefficient (Wildman–Crippen LogP) is 0.938. The molecule has 1 rings (SSSR count). The fourth-order valence-corrected chi connectivity index (χ4v) is 1.58. The number of hydrogen-bond acceptors (Lipinski definition) is 2. The second-order valence-corrected chi connectivity index (χ2v) is 4.29. The molecule has 11 heavy (non-hydrogen) atoms. The van der Waals surface area contributed by atoms with Crippen LogP contribution >= 0.6 is 0 Å². The summed E-state index contributed by atoms with van der Waals surface area (Å²) in [5.41, 5.74) is 0.574. The summed E-state index contributed by atoms with van der Waals surface area (Å²) in [7, 11) is 4.29. The Kier molecular flexibility index (Phi) is 2.90. The minimum absolute atomic E-state index is 0.574. The smallest absolute Gasteiger partial charge is 0.000612 e. The Morgan fingerprint density at radius 1 is 1.45 bits per heavy atom. The molecule has 0 aromatic carbocycles. The Morgan fingerprint density at radius 3 is 2.64 bits per heavy atom. The third-order valence-corrected chi connectivity index (χ3v) is 2.62. The molecule has 0 amide bonds. The van der Waals surface area contributed by atoms with Crippen LogP contribution in [0.4, 0.5) is 0 Å². The van der Waals surface area contributed by atoms with Gasteiger partial charge in [-0.2, -0.15) is 0 Å². The van der Waals surface area contributed by atoms with Crippen molar-refractivity contribution in [2.75, 3.05) is 33.7 Å². The van der Waals surface area contributed by atoms with Crippen LogP contribution in [0.25, 0.3) is 0 Å². The van der Waals surface area contributed by atoms with E-state index in [9.17, 15) is 0 Å². The normalized spacial score (nSPS) is 31.6. The molecule has 0 saturated carbocycles. The van der Waals surface area contributed by atoms with Crippen LogP contribution in [-0.2, 0) is 0 Å². The average molecular weight is 156 g/mol. The molecule has 0 bridgehead atoms. The highest BCUT2D eigenvalue weighted by atomic mass is 15.1. The second kappa shape index (κ2) is 3.55. The van der Waals surface area contributed by atoms with Gasteiger partial charge in [0, 0.05) is 6.54 Å². The van der Waals surface area contributed by atoms with E-state index in [1.54, 1.807) is 0 Å². The van der Waals surface area contributed by atoms with Crippen molar-refractivity contribution in [3.8, 4) is 0 Å². The van der Waals surface area contributed by atoms with Gasteiger partial charge < -0.3 is 10.2 Å². The standard InChI is InChI=1S/C9H20N2/c1-9(4-6-10-8-9)5-7-11(2)3/h10H,4-8H2,1-3H3. The fraction of sp³-hybridized carbons (Fsp3) is 1.00. The topological polar surface area (TPSA) is 15.3 Å². The molecule has 1 atom stereocenters. The first-order valence-corrected chi connectivity index (χ1v) is 4.48. The summed E-state index contributed by atoms with van der Waals surface area (Å²) in [4.78, 5) is 2.27. The van der Waals surface area contributed by atoms with Crippen molar-refractivity contribution in [2.24, 2.45) is 5.41 Å². The Balaban J connectivity index is 2.23. The number of nitrogens with zero attached hydrogens (tertiary/aromatic N) is 1. The summed E-state index contributed by atoms with van der Waals surface area (Å²) in [5.74, 6) is 0. The molecular formula is C9H20N2. The van der Waals surface area contributed by atoms with Gasteiger partial charge in [0.1, 0.15) is 0 Å². The zero-order valence-corrected chi connectivity index (χ0v) is 7.98. The van der Waals surface area contributed by atoms with Crippen molar-refractivity contribution in [3.05, 3.63) is 0 Å². The van der Waals surface area contributed by atoms with Crippen LogP contribution in [0.3, 0.4) is 0 Å². The van der Waals surface area contributed by atoms with Gasteiger partial charge in [0.15, 0.2) is 0 Å². The molecule has 1 saturated heterocycles. The van der Waals surface area contributed by atoms with Gasteiger partial charge in [0.25, 0.3) is 0 Å². The highest BCUT2D eigenvalue weighted by molar-refractivity contribution is 4.83. The lowest BCUT2D eigenvalue weighted by atomic mass is 9.86. The van der Waals surface area contributed by atoms with Crippen LogP contribution in [0, 0.1) is 5.41 Å². The fourth-order valence-electron chi connectivity index (χ4n) is 1.58. The van der Waals surface area contributed by atoms with Crippen LogP contribution in [-0.4, -0.2) is 38.6 Å². The van der Waals surface area contributed by atoms with E-state index in [2.05, 4.69) is 31.2 Å². The highest BCUT2D eigenvalue weighted by Crippen LogP contribution is 2.28. The molecule has 2 nitrogen and oxygen atoms in total. The third kappa shape index (κ3) is 2.80. The van der Waals surface area contributed by atoms with E-state index >= 15 is 0 Å². The van der Waals surface area contributed by atoms with Gasteiger partial charge in [-0.05, 0) is 45.4 Å². The average Bonchev–Trinajstić information content (AvgIpc) is 2.33. The van der Waals surface area contributed by atoms with E-state index in [1.165, 1.54) is 32.5 Å². The van der Waals surface area contributed by atoms with E-state index in [0.29, 0.717) is 5.41 Å². The van der Waals surface area contributed by atoms with Crippen molar-refractivity contribution in [1.82, 2.24) is 10.2 Å². The largest absolute Gasteiger partial charge is 0.316 e. The molecule has 0 spiro atoms. The summed E-state index contributed by atoms with van der Waals surface area (Å²) in [6, 6.07) is 0. The van der Waals surface area contributed by atoms with E-state index < -0.39 is 0 Å². The summed E-state index contributed by atoms with van der Waals surface area (Å²) in [5, 5.41) is 3.42. The van der Waals surface area contributed by atoms with Gasteiger partial charge in [0.2, 0.25) is 0 Å². The van der Waals surface area contributed by atoms with Gasteiger partial charge in [-0.15, -0.1) is 0 Å². The first-order chi connectivity index (χ1) is 5.12. The van der Waals surface area contributed by atoms with Gasteiger partial charge in [0.05, 0.1) is 0 Å². The zero-order valence-electron chi connectivity index (χ0n) is 7.98. The monoisotopic (exact) mass is 156 g/mol. The van der Waals surface area contributed by atoms with Crippen LogP contribution in [0.15, 0.2) is 0 Å². The van der Waals surface area contributed by atoms with Crippen molar-refractivity contribution < 1.29 is 0 Å². The molecule has 1 N–H and O–H groups in total. The van der Waals surface area contributed by atoms with Gasteiger partial charge in [-0.1, -0.05) is 6.92 Å². The van der Waals surface area contributed by atoms with E-state index in [-0.39, 0.29) is 0 Å². The number of nitrogens with one attached hydrogen (secondary N) is 1. The van der Waals surface area contributed by atoms with Crippen molar-refractivity contribution in [2.45, 2.75) is 19.8 Å². The van der Waals surface area contributed by atoms with Gasteiger partial charge in [-0.25, -0.2) is 0 Å². The molecular weight excluding hydrogens is 136 g/mol. The first-order valence-electron chi connectivity index (χ1n) is 4.48. The SMILES string of the molecule is CN(C)CCC1(C)CCNC1. The maximum Gasteiger partial charge on any atom is 0.000612 e. The second-order valence-electron chi connectivity index (χ2n) is 4.29. The molecule has 1 unspecified atom stereocenters. The third-order valence-electron chi connectivity index (χ3n) is 2.62. The van der Waals surface area contributed by atoms with Crippen molar-refractivity contribution in [3.63, 3.8) is 0 Å². The minimum Gasteiger partial charge on any atom is -0.316 e. The number of hydrogen-bond donors (Lipinski definition) is 1. The Bertz CT molecular complexity index is 115. The lowest BCUT2D eigenvalue weighted by Crippen LogP contribution is -2.25. The minimum atomic E-state index is 0.574. The lowest BCUT2D eigenvalue weighted by molar-refractivity contribution is 0.274. The van der Waals surface area contributed by atoms with Gasteiger partial charge >= 0.3 is 0 Å². The molecule has 0 radical (unpaired) electrons. The highest BCUT2D eigenvalue weighted by Gasteiger charge is 2.27. The van der Waals surface area contributed by atoms with E-state index in [0.717, 1.165) is 0 Å². The number of rotatable bonds is 3. The molecule has 0 aliphatic carbocycles. The summed E-state index contributed by atoms with van der Waals surface area (Å²) in [6.07, 6.45) is 2.67. The molecule has 1 heterocycles. The van der Waals surface area contributed by atoms with E-state index in [4.69, 9.17) is 0 Å². The van der Waals surface area contributed by atoms with Crippen LogP contribution in [0.2, 0.25) is 0 Å². The van der Waals surface area contributed by atoms with Gasteiger partial charge in [-0.3, -0.25) is 0 Å². The summed E-state index contributed by atoms with van der Waals surface area (Å²) >= 11 is 0. The zero-order chi connectivity index (χ0) is 8.32. The Labute approximate surface area is 70.0 Å². The van der Waals surface area contributed by atoms with E-state index in [1.807, 2.05) is 0 Å². The maximum atomic E-state index is 3.42. The Hall–Kier alpha value is -0.0800. The summed E-state index contributed by atoms with van der Waals surface area (Å²) in [6.45, 7) is 6.03. The predicted molar refractivity (Wildman–Crippen MR) is 48.8 cm³/mol. The van der Waals surface area contributed by atoms with Crippen molar-refractivity contribution >= 4 is 0 Å². The first kappa shape index (κ1) is 9.01. The quantitative estimate of drug-likeness (QED) is 0.654. The molecule has 0 aromatic rings. The van der Waals surface area contributed by atoms with Crippen LogP contribution in [0.5, 0.6) is 0 Å². The maximum absolute atomic E-state index is 3.42. The lowest BCUT2D eigenvalue weighted by Gasteiger charge is -2.24. The summed E-state index contributed by atoms with van der Waals surface area (Å²) < 4.78 is 0. The molecule has 0 aromatic heterocycles. The van der Waals surface area contributed by atoms with Crippen LogP contribution < -0.4 is 5.32 Å². The molecule has 66 valence electrons. The molecule has 2 heteroatoms. The Morgan fingerprint density at radius 2 is 2.18 bits per heavy atom. The van der Waals surface area contributed by atoms with Crippen LogP contribution in [0.1, 0.15) is 19.8 Å². The van der Waals surface area contributed by atoms with Crippen molar-refractivity contribution in [1.29, 1.82) is 0 Å².